The van der Waals surface area contributed by atoms with Gasteiger partial charge in [-0.05, 0) is 67.2 Å². The van der Waals surface area contributed by atoms with Gasteiger partial charge in [0.2, 0.25) is 12.6 Å². The van der Waals surface area contributed by atoms with Crippen molar-refractivity contribution >= 4 is 0 Å². The Labute approximate surface area is 186 Å². The second-order valence-electron chi connectivity index (χ2n) is 10.1. The van der Waals surface area contributed by atoms with Crippen LogP contribution in [-0.2, 0) is 29.3 Å². The minimum absolute atomic E-state index is 0.159. The molecule has 0 aliphatic heterocycles. The number of rotatable bonds is 17. The average molecular weight is 435 g/mol. The SMILES string of the molecule is CCCCC(CC)C(OOC(OOC(C)(C)C)C(CC)CCCC)OOC(C)(C)C. The van der Waals surface area contributed by atoms with Gasteiger partial charge in [-0.2, -0.15) is 9.78 Å². The fraction of sp³-hybridized carbons (Fsp3) is 1.00. The quantitative estimate of drug-likeness (QED) is 0.134. The summed E-state index contributed by atoms with van der Waals surface area (Å²) in [6.07, 6.45) is 6.91. The van der Waals surface area contributed by atoms with Crippen molar-refractivity contribution < 1.29 is 29.3 Å². The van der Waals surface area contributed by atoms with Crippen molar-refractivity contribution in [1.82, 2.24) is 0 Å². The molecule has 0 aliphatic carbocycles. The zero-order valence-corrected chi connectivity index (χ0v) is 21.4. The van der Waals surface area contributed by atoms with Crippen LogP contribution in [-0.4, -0.2) is 23.8 Å². The van der Waals surface area contributed by atoms with Crippen LogP contribution in [0.15, 0.2) is 0 Å². The van der Waals surface area contributed by atoms with Crippen molar-refractivity contribution in [3.8, 4) is 0 Å². The predicted molar refractivity (Wildman–Crippen MR) is 120 cm³/mol. The standard InChI is InChI=1S/C24H50O6/c1-11-15-17-19(13-3)21(27-29-23(5,6)7)25-26-22(28-30-24(8,9)10)20(14-4)18-16-12-2/h19-22H,11-18H2,1-10H3. The van der Waals surface area contributed by atoms with E-state index >= 15 is 0 Å². The molecule has 0 bridgehead atoms. The Balaban J connectivity index is 5.26. The molecule has 0 saturated carbocycles. The lowest BCUT2D eigenvalue weighted by atomic mass is 9.99. The van der Waals surface area contributed by atoms with E-state index in [1.807, 2.05) is 41.5 Å². The van der Waals surface area contributed by atoms with E-state index < -0.39 is 23.8 Å². The van der Waals surface area contributed by atoms with Crippen LogP contribution in [0.4, 0.5) is 0 Å². The maximum absolute atomic E-state index is 5.83. The van der Waals surface area contributed by atoms with E-state index in [0.29, 0.717) is 0 Å². The van der Waals surface area contributed by atoms with Gasteiger partial charge < -0.3 is 0 Å². The molecule has 0 aromatic rings. The zero-order chi connectivity index (χ0) is 23.2. The highest BCUT2D eigenvalue weighted by molar-refractivity contribution is 4.64. The van der Waals surface area contributed by atoms with Crippen molar-refractivity contribution in [3.05, 3.63) is 0 Å². The van der Waals surface area contributed by atoms with Crippen molar-refractivity contribution in [3.63, 3.8) is 0 Å². The molecule has 6 heteroatoms. The molecule has 0 amide bonds. The molecule has 0 aromatic carbocycles. The second-order valence-corrected chi connectivity index (χ2v) is 10.1. The molecule has 4 atom stereocenters. The van der Waals surface area contributed by atoms with Gasteiger partial charge in [0.25, 0.3) is 0 Å². The third-order valence-electron chi connectivity index (χ3n) is 4.71. The molecule has 30 heavy (non-hydrogen) atoms. The minimum Gasteiger partial charge on any atom is -0.228 e. The smallest absolute Gasteiger partial charge is 0.227 e. The van der Waals surface area contributed by atoms with E-state index in [2.05, 4.69) is 27.7 Å². The van der Waals surface area contributed by atoms with Crippen molar-refractivity contribution in [1.29, 1.82) is 0 Å². The molecular formula is C24H50O6. The van der Waals surface area contributed by atoms with E-state index in [-0.39, 0.29) is 11.8 Å². The molecule has 0 rings (SSSR count). The Morgan fingerprint density at radius 3 is 1.10 bits per heavy atom. The van der Waals surface area contributed by atoms with Gasteiger partial charge in [0, 0.05) is 11.8 Å². The molecule has 0 saturated heterocycles. The number of hydrogen-bond acceptors (Lipinski definition) is 6. The Morgan fingerprint density at radius 1 is 0.533 bits per heavy atom. The molecular weight excluding hydrogens is 384 g/mol. The van der Waals surface area contributed by atoms with Gasteiger partial charge in [-0.1, -0.05) is 53.4 Å². The van der Waals surface area contributed by atoms with Crippen LogP contribution in [0.3, 0.4) is 0 Å². The first-order valence-electron chi connectivity index (χ1n) is 12.0. The monoisotopic (exact) mass is 434 g/mol. The molecule has 0 fully saturated rings. The van der Waals surface area contributed by atoms with Gasteiger partial charge in [-0.3, -0.25) is 0 Å². The van der Waals surface area contributed by atoms with Gasteiger partial charge in [-0.25, -0.2) is 19.6 Å². The summed E-state index contributed by atoms with van der Waals surface area (Å²) in [7, 11) is 0. The van der Waals surface area contributed by atoms with Crippen LogP contribution in [0.1, 0.15) is 121 Å². The third kappa shape index (κ3) is 14.7. The second kappa shape index (κ2) is 15.5. The summed E-state index contributed by atoms with van der Waals surface area (Å²) in [6.45, 7) is 20.3. The number of hydrogen-bond donors (Lipinski definition) is 0. The topological polar surface area (TPSA) is 55.4 Å². The molecule has 4 unspecified atom stereocenters. The maximum atomic E-state index is 5.83. The van der Waals surface area contributed by atoms with Crippen LogP contribution in [0, 0.1) is 11.8 Å². The van der Waals surface area contributed by atoms with Gasteiger partial charge in [0.05, 0.1) is 11.2 Å². The van der Waals surface area contributed by atoms with Crippen molar-refractivity contribution in [2.75, 3.05) is 0 Å². The summed E-state index contributed by atoms with van der Waals surface area (Å²) in [5.41, 5.74) is -0.883. The molecule has 0 N–H and O–H groups in total. The molecule has 0 spiro atoms. The summed E-state index contributed by atoms with van der Waals surface area (Å²) in [5, 5.41) is 0. The summed E-state index contributed by atoms with van der Waals surface area (Å²) >= 11 is 0. The van der Waals surface area contributed by atoms with Gasteiger partial charge in [-0.15, -0.1) is 0 Å². The number of unbranched alkanes of at least 4 members (excludes halogenated alkanes) is 2. The lowest BCUT2D eigenvalue weighted by Gasteiger charge is -2.31. The lowest BCUT2D eigenvalue weighted by molar-refractivity contribution is -0.547. The van der Waals surface area contributed by atoms with Crippen molar-refractivity contribution in [2.45, 2.75) is 144 Å². The third-order valence-corrected chi connectivity index (χ3v) is 4.71. The predicted octanol–water partition coefficient (Wildman–Crippen LogP) is 7.51. The maximum Gasteiger partial charge on any atom is 0.227 e. The van der Waals surface area contributed by atoms with Gasteiger partial charge >= 0.3 is 0 Å². The Kier molecular flexibility index (Phi) is 15.4. The largest absolute Gasteiger partial charge is 0.228 e. The molecule has 0 aromatic heterocycles. The van der Waals surface area contributed by atoms with Gasteiger partial charge in [0.1, 0.15) is 0 Å². The Morgan fingerprint density at radius 2 is 0.867 bits per heavy atom. The normalized spacial score (nSPS) is 17.0. The van der Waals surface area contributed by atoms with Crippen LogP contribution in [0.5, 0.6) is 0 Å². The molecule has 0 radical (unpaired) electrons. The summed E-state index contributed by atoms with van der Waals surface area (Å²) in [6, 6.07) is 0. The van der Waals surface area contributed by atoms with Crippen LogP contribution >= 0.6 is 0 Å². The van der Waals surface area contributed by atoms with Crippen LogP contribution < -0.4 is 0 Å². The summed E-state index contributed by atoms with van der Waals surface area (Å²) < 4.78 is 0. The van der Waals surface area contributed by atoms with Crippen LogP contribution in [0.25, 0.3) is 0 Å². The lowest BCUT2D eigenvalue weighted by Crippen LogP contribution is -2.36. The zero-order valence-electron chi connectivity index (χ0n) is 21.4. The fourth-order valence-electron chi connectivity index (χ4n) is 2.84. The molecule has 0 aliphatic rings. The first-order chi connectivity index (χ1) is 14.0. The van der Waals surface area contributed by atoms with E-state index in [0.717, 1.165) is 51.4 Å². The first-order valence-corrected chi connectivity index (χ1v) is 12.0. The van der Waals surface area contributed by atoms with Gasteiger partial charge in [0.15, 0.2) is 0 Å². The Bertz CT molecular complexity index is 363. The molecule has 182 valence electrons. The molecule has 6 nitrogen and oxygen atoms in total. The minimum atomic E-state index is -0.634. The van der Waals surface area contributed by atoms with E-state index in [1.165, 1.54) is 0 Å². The average Bonchev–Trinajstić information content (AvgIpc) is 2.65. The highest BCUT2D eigenvalue weighted by Crippen LogP contribution is 2.27. The summed E-state index contributed by atoms with van der Waals surface area (Å²) in [5.74, 6) is 0.319. The van der Waals surface area contributed by atoms with E-state index in [4.69, 9.17) is 29.3 Å². The Hall–Kier alpha value is -0.240. The highest BCUT2D eigenvalue weighted by Gasteiger charge is 2.31. The van der Waals surface area contributed by atoms with Crippen molar-refractivity contribution in [2.24, 2.45) is 11.8 Å². The van der Waals surface area contributed by atoms with E-state index in [9.17, 15) is 0 Å². The first kappa shape index (κ1) is 29.8. The van der Waals surface area contributed by atoms with E-state index in [1.54, 1.807) is 0 Å². The highest BCUT2D eigenvalue weighted by atomic mass is 17.3. The summed E-state index contributed by atoms with van der Waals surface area (Å²) in [4.78, 5) is 34.2. The fourth-order valence-corrected chi connectivity index (χ4v) is 2.84. The molecule has 0 heterocycles. The van der Waals surface area contributed by atoms with Crippen LogP contribution in [0.2, 0.25) is 0 Å².